The van der Waals surface area contributed by atoms with Crippen LogP contribution in [0.5, 0.6) is 0 Å². The molecule has 0 aromatic rings. The van der Waals surface area contributed by atoms with Gasteiger partial charge in [0.15, 0.2) is 0 Å². The first-order chi connectivity index (χ1) is 12.1. The highest BCUT2D eigenvalue weighted by Crippen LogP contribution is 2.37. The highest BCUT2D eigenvalue weighted by molar-refractivity contribution is 7.90. The number of nitrogens with zero attached hydrogens (tertiary/aromatic N) is 1. The minimum atomic E-state index is -3.13. The zero-order valence-corrected chi connectivity index (χ0v) is 17.2. The maximum absolute atomic E-state index is 12.9. The van der Waals surface area contributed by atoms with Crippen LogP contribution < -0.4 is 5.32 Å². The zero-order chi connectivity index (χ0) is 19.4. The Kier molecular flexibility index (Phi) is 7.11. The third kappa shape index (κ3) is 5.96. The maximum Gasteiger partial charge on any atom is 0.225 e. The molecular weight excluding hydrogens is 352 g/mol. The Hall–Kier alpha value is -1.11. The Morgan fingerprint density at radius 2 is 1.85 bits per heavy atom. The molecule has 2 fully saturated rings. The van der Waals surface area contributed by atoms with Crippen molar-refractivity contribution in [2.45, 2.75) is 70.8 Å². The summed E-state index contributed by atoms with van der Waals surface area (Å²) in [6.45, 7) is 5.50. The molecular formula is C19H34N2O4S. The molecule has 0 bridgehead atoms. The van der Waals surface area contributed by atoms with Crippen LogP contribution in [0.4, 0.5) is 0 Å². The van der Waals surface area contributed by atoms with Gasteiger partial charge in [0.25, 0.3) is 0 Å². The first-order valence-electron chi connectivity index (χ1n) is 9.91. The van der Waals surface area contributed by atoms with Crippen molar-refractivity contribution in [3.05, 3.63) is 0 Å². The topological polar surface area (TPSA) is 83.6 Å². The molecule has 0 spiro atoms. The molecule has 2 atom stereocenters. The van der Waals surface area contributed by atoms with Gasteiger partial charge in [-0.15, -0.1) is 0 Å². The Balaban J connectivity index is 1.83. The summed E-state index contributed by atoms with van der Waals surface area (Å²) in [6.07, 6.45) is 8.18. The highest BCUT2D eigenvalue weighted by Gasteiger charge is 2.38. The predicted octanol–water partition coefficient (Wildman–Crippen LogP) is 2.13. The summed E-state index contributed by atoms with van der Waals surface area (Å²) in [5.74, 6) is 0.670. The van der Waals surface area contributed by atoms with Gasteiger partial charge >= 0.3 is 0 Å². The molecule has 150 valence electrons. The monoisotopic (exact) mass is 386 g/mol. The lowest BCUT2D eigenvalue weighted by atomic mass is 9.86. The van der Waals surface area contributed by atoms with Gasteiger partial charge in [-0.2, -0.15) is 0 Å². The number of nitrogens with one attached hydrogen (secondary N) is 1. The van der Waals surface area contributed by atoms with Crippen LogP contribution in [0.1, 0.15) is 65.2 Å². The number of likely N-dealkylation sites (tertiary alicyclic amines) is 1. The van der Waals surface area contributed by atoms with Crippen molar-refractivity contribution in [2.75, 3.05) is 25.1 Å². The third-order valence-corrected chi connectivity index (χ3v) is 6.90. The fourth-order valence-electron chi connectivity index (χ4n) is 4.34. The Morgan fingerprint density at radius 1 is 1.19 bits per heavy atom. The predicted molar refractivity (Wildman–Crippen MR) is 102 cm³/mol. The molecule has 1 saturated carbocycles. The second-order valence-corrected chi connectivity index (χ2v) is 10.7. The number of carbonyl (C=O) groups excluding carboxylic acids is 2. The van der Waals surface area contributed by atoms with Gasteiger partial charge in [0.1, 0.15) is 9.84 Å². The van der Waals surface area contributed by atoms with Gasteiger partial charge in [-0.25, -0.2) is 8.42 Å². The summed E-state index contributed by atoms with van der Waals surface area (Å²) < 4.78 is 22.4. The molecule has 0 aromatic heterocycles. The molecule has 0 aromatic carbocycles. The summed E-state index contributed by atoms with van der Waals surface area (Å²) >= 11 is 0. The first-order valence-corrected chi connectivity index (χ1v) is 12.0. The maximum atomic E-state index is 12.9. The van der Waals surface area contributed by atoms with E-state index >= 15 is 0 Å². The summed E-state index contributed by atoms with van der Waals surface area (Å²) in [5.41, 5.74) is -0.357. The molecule has 2 unspecified atom stereocenters. The molecule has 1 heterocycles. The molecule has 1 N–H and O–H groups in total. The lowest BCUT2D eigenvalue weighted by molar-refractivity contribution is -0.138. The fourth-order valence-corrected chi connectivity index (χ4v) is 4.89. The Labute approximate surface area is 158 Å². The van der Waals surface area contributed by atoms with Crippen molar-refractivity contribution in [3.63, 3.8) is 0 Å². The largest absolute Gasteiger partial charge is 0.351 e. The summed E-state index contributed by atoms with van der Waals surface area (Å²) in [5, 5.41) is 2.98. The van der Waals surface area contributed by atoms with Crippen LogP contribution in [0.3, 0.4) is 0 Å². The summed E-state index contributed by atoms with van der Waals surface area (Å²) in [6, 6.07) is 0. The number of carbonyl (C=O) groups is 2. The lowest BCUT2D eigenvalue weighted by Crippen LogP contribution is -2.55. The molecule has 26 heavy (non-hydrogen) atoms. The standard InChI is InChI=1S/C19H34N2O4S/c1-4-6-15-7-5-8-16(15)18(23)21-12-10-19(2,11-13-21)20-17(22)9-14-26(3,24)25/h15-16H,4-14H2,1-3H3,(H,20,22). The molecule has 0 radical (unpaired) electrons. The Morgan fingerprint density at radius 3 is 2.42 bits per heavy atom. The smallest absolute Gasteiger partial charge is 0.225 e. The van der Waals surface area contributed by atoms with Crippen LogP contribution in [-0.2, 0) is 19.4 Å². The number of hydrogen-bond acceptors (Lipinski definition) is 4. The van der Waals surface area contributed by atoms with Crippen molar-refractivity contribution in [2.24, 2.45) is 11.8 Å². The highest BCUT2D eigenvalue weighted by atomic mass is 32.2. The third-order valence-electron chi connectivity index (χ3n) is 5.96. The SMILES string of the molecule is CCCC1CCCC1C(=O)N1CCC(C)(NC(=O)CCS(C)(=O)=O)CC1. The van der Waals surface area contributed by atoms with Crippen molar-refractivity contribution in [1.82, 2.24) is 10.2 Å². The Bertz CT molecular complexity index is 609. The van der Waals surface area contributed by atoms with Gasteiger partial charge in [0, 0.05) is 37.2 Å². The van der Waals surface area contributed by atoms with Gasteiger partial charge in [0.05, 0.1) is 5.75 Å². The number of hydrogen-bond donors (Lipinski definition) is 1. The molecule has 2 amide bonds. The van der Waals surface area contributed by atoms with Crippen LogP contribution >= 0.6 is 0 Å². The van der Waals surface area contributed by atoms with Gasteiger partial charge in [0.2, 0.25) is 11.8 Å². The van der Waals surface area contributed by atoms with Crippen LogP contribution in [0.25, 0.3) is 0 Å². The summed E-state index contributed by atoms with van der Waals surface area (Å²) in [4.78, 5) is 26.9. The zero-order valence-electron chi connectivity index (χ0n) is 16.4. The van der Waals surface area contributed by atoms with E-state index in [2.05, 4.69) is 12.2 Å². The van der Waals surface area contributed by atoms with Crippen LogP contribution in [-0.4, -0.2) is 55.8 Å². The quantitative estimate of drug-likeness (QED) is 0.726. The van der Waals surface area contributed by atoms with E-state index in [1.165, 1.54) is 6.42 Å². The molecule has 2 rings (SSSR count). The molecule has 1 aliphatic heterocycles. The van der Waals surface area contributed by atoms with E-state index in [0.29, 0.717) is 37.8 Å². The van der Waals surface area contributed by atoms with E-state index in [1.54, 1.807) is 0 Å². The van der Waals surface area contributed by atoms with E-state index in [1.807, 2.05) is 11.8 Å². The molecule has 7 heteroatoms. The van der Waals surface area contributed by atoms with E-state index in [0.717, 1.165) is 31.9 Å². The van der Waals surface area contributed by atoms with Crippen molar-refractivity contribution in [1.29, 1.82) is 0 Å². The van der Waals surface area contributed by atoms with Gasteiger partial charge in [-0.3, -0.25) is 9.59 Å². The van der Waals surface area contributed by atoms with E-state index in [4.69, 9.17) is 0 Å². The van der Waals surface area contributed by atoms with Crippen molar-refractivity contribution in [3.8, 4) is 0 Å². The molecule has 6 nitrogen and oxygen atoms in total. The van der Waals surface area contributed by atoms with E-state index in [-0.39, 0.29) is 29.5 Å². The van der Waals surface area contributed by atoms with Crippen LogP contribution in [0.15, 0.2) is 0 Å². The molecule has 1 aliphatic carbocycles. The number of rotatable bonds is 7. The number of amides is 2. The van der Waals surface area contributed by atoms with Crippen LogP contribution in [0, 0.1) is 11.8 Å². The number of sulfone groups is 1. The fraction of sp³-hybridized carbons (Fsp3) is 0.895. The average molecular weight is 387 g/mol. The second kappa shape index (κ2) is 8.72. The summed E-state index contributed by atoms with van der Waals surface area (Å²) in [7, 11) is -3.13. The van der Waals surface area contributed by atoms with Gasteiger partial charge < -0.3 is 10.2 Å². The second-order valence-electron chi connectivity index (χ2n) is 8.40. The first kappa shape index (κ1) is 21.2. The van der Waals surface area contributed by atoms with E-state index < -0.39 is 9.84 Å². The average Bonchev–Trinajstić information content (AvgIpc) is 3.01. The van der Waals surface area contributed by atoms with Gasteiger partial charge in [-0.05, 0) is 44.9 Å². The van der Waals surface area contributed by atoms with Crippen molar-refractivity contribution >= 4 is 21.7 Å². The minimum absolute atomic E-state index is 0.00214. The lowest BCUT2D eigenvalue weighted by Gasteiger charge is -2.41. The normalized spacial score (nSPS) is 25.9. The molecule has 2 aliphatic rings. The number of piperidine rings is 1. The van der Waals surface area contributed by atoms with Crippen LogP contribution in [0.2, 0.25) is 0 Å². The van der Waals surface area contributed by atoms with Gasteiger partial charge in [-0.1, -0.05) is 19.8 Å². The van der Waals surface area contributed by atoms with Crippen molar-refractivity contribution < 1.29 is 18.0 Å². The minimum Gasteiger partial charge on any atom is -0.351 e. The van der Waals surface area contributed by atoms with E-state index in [9.17, 15) is 18.0 Å². The molecule has 1 saturated heterocycles.